The van der Waals surface area contributed by atoms with Crippen LogP contribution in [0.25, 0.3) is 0 Å². The number of hydroxylamine groups is 1. The summed E-state index contributed by atoms with van der Waals surface area (Å²) in [4.78, 5) is 34.7. The predicted octanol–water partition coefficient (Wildman–Crippen LogP) is 4.14. The number of rotatable bonds is 4. The van der Waals surface area contributed by atoms with Crippen molar-refractivity contribution < 1.29 is 19.2 Å². The molecule has 2 heterocycles. The fraction of sp³-hybridized carbons (Fsp3) is 0.200. The molecule has 0 spiro atoms. The van der Waals surface area contributed by atoms with Crippen LogP contribution in [0.3, 0.4) is 0 Å². The molecule has 156 valence electrons. The first kappa shape index (κ1) is 19.3. The molecule has 0 saturated carbocycles. The van der Waals surface area contributed by atoms with Crippen molar-refractivity contribution in [3.63, 3.8) is 0 Å². The number of fused-ring (bicyclic) bond motifs is 1. The van der Waals surface area contributed by atoms with E-state index in [0.29, 0.717) is 11.4 Å². The predicted molar refractivity (Wildman–Crippen MR) is 117 cm³/mol. The van der Waals surface area contributed by atoms with E-state index in [1.165, 1.54) is 4.90 Å². The Bertz CT molecular complexity index is 1120. The number of hydrogen-bond donors (Lipinski definition) is 0. The highest BCUT2D eigenvalue weighted by Crippen LogP contribution is 2.55. The largest absolute Gasteiger partial charge is 0.497 e. The molecular formula is C25H22N2O4. The van der Waals surface area contributed by atoms with Gasteiger partial charge in [-0.25, -0.2) is 9.96 Å². The summed E-state index contributed by atoms with van der Waals surface area (Å²) in [5, 5.41) is 1.71. The van der Waals surface area contributed by atoms with Gasteiger partial charge in [-0.1, -0.05) is 48.5 Å². The summed E-state index contributed by atoms with van der Waals surface area (Å²) in [7, 11) is 1.57. The number of benzene rings is 3. The minimum atomic E-state index is -1.09. The van der Waals surface area contributed by atoms with Crippen LogP contribution in [0.5, 0.6) is 5.75 Å². The summed E-state index contributed by atoms with van der Waals surface area (Å²) in [6.07, 6.45) is -0.924. The van der Waals surface area contributed by atoms with Crippen molar-refractivity contribution in [1.82, 2.24) is 0 Å². The molecular weight excluding hydrogens is 392 g/mol. The highest BCUT2D eigenvalue weighted by molar-refractivity contribution is 6.25. The zero-order valence-electron chi connectivity index (χ0n) is 17.3. The molecule has 2 aliphatic rings. The van der Waals surface area contributed by atoms with E-state index in [1.54, 1.807) is 36.4 Å². The minimum Gasteiger partial charge on any atom is -0.497 e. The average molecular weight is 414 g/mol. The lowest BCUT2D eigenvalue weighted by atomic mass is 9.76. The monoisotopic (exact) mass is 414 g/mol. The molecule has 3 aromatic rings. The number of nitrogens with zero attached hydrogens (tertiary/aromatic N) is 2. The van der Waals surface area contributed by atoms with E-state index < -0.39 is 17.6 Å². The number of imide groups is 1. The molecule has 0 bridgehead atoms. The summed E-state index contributed by atoms with van der Waals surface area (Å²) < 4.78 is 5.20. The highest BCUT2D eigenvalue weighted by atomic mass is 16.7. The maximum atomic E-state index is 13.8. The summed E-state index contributed by atoms with van der Waals surface area (Å²) in [5.74, 6) is 0.0138. The summed E-state index contributed by atoms with van der Waals surface area (Å²) in [6.45, 7) is 1.82. The van der Waals surface area contributed by atoms with Gasteiger partial charge in [0, 0.05) is 0 Å². The first-order chi connectivity index (χ1) is 15.1. The molecule has 2 aliphatic heterocycles. The number of para-hydroxylation sites is 1. The fourth-order valence-electron chi connectivity index (χ4n) is 4.54. The number of ether oxygens (including phenoxy) is 1. The molecule has 0 aromatic heterocycles. The van der Waals surface area contributed by atoms with Crippen molar-refractivity contribution in [3.8, 4) is 5.75 Å². The van der Waals surface area contributed by atoms with Gasteiger partial charge < -0.3 is 4.74 Å². The molecule has 6 nitrogen and oxygen atoms in total. The van der Waals surface area contributed by atoms with E-state index in [0.717, 1.165) is 11.3 Å². The van der Waals surface area contributed by atoms with Crippen LogP contribution in [0, 0.1) is 5.41 Å². The third-order valence-electron chi connectivity index (χ3n) is 6.13. The number of methoxy groups -OCH3 is 1. The van der Waals surface area contributed by atoms with Crippen molar-refractivity contribution in [2.24, 2.45) is 5.41 Å². The Kier molecular flexibility index (Phi) is 4.52. The van der Waals surface area contributed by atoms with E-state index >= 15 is 0 Å². The molecule has 5 rings (SSSR count). The zero-order valence-corrected chi connectivity index (χ0v) is 17.3. The normalized spacial score (nSPS) is 25.1. The van der Waals surface area contributed by atoms with Crippen molar-refractivity contribution >= 4 is 23.2 Å². The van der Waals surface area contributed by atoms with Gasteiger partial charge in [-0.2, -0.15) is 0 Å². The maximum absolute atomic E-state index is 13.8. The Balaban J connectivity index is 1.61. The van der Waals surface area contributed by atoms with Gasteiger partial charge in [0.15, 0.2) is 6.10 Å². The first-order valence-corrected chi connectivity index (χ1v) is 10.1. The molecule has 3 aromatic carbocycles. The van der Waals surface area contributed by atoms with Gasteiger partial charge in [-0.05, 0) is 48.9 Å². The molecule has 2 amide bonds. The molecule has 0 aliphatic carbocycles. The second-order valence-electron chi connectivity index (χ2n) is 7.92. The van der Waals surface area contributed by atoms with Gasteiger partial charge in [-0.15, -0.1) is 0 Å². The van der Waals surface area contributed by atoms with Crippen LogP contribution >= 0.6 is 0 Å². The van der Waals surface area contributed by atoms with Gasteiger partial charge in [0.25, 0.3) is 5.91 Å². The van der Waals surface area contributed by atoms with Crippen LogP contribution in [-0.4, -0.2) is 25.0 Å². The van der Waals surface area contributed by atoms with Crippen molar-refractivity contribution in [2.45, 2.75) is 19.1 Å². The third-order valence-corrected chi connectivity index (χ3v) is 6.13. The summed E-state index contributed by atoms with van der Waals surface area (Å²) in [5.41, 5.74) is 1.12. The van der Waals surface area contributed by atoms with Gasteiger partial charge in [0.05, 0.1) is 24.5 Å². The SMILES string of the molecule is COc1ccc(N2C(=O)[C@H]3ON(c4ccccc4)[C@@H](c4ccccc4)[C@]3(C)C2=O)cc1. The first-order valence-electron chi connectivity index (χ1n) is 10.1. The zero-order chi connectivity index (χ0) is 21.6. The highest BCUT2D eigenvalue weighted by Gasteiger charge is 2.68. The number of amides is 2. The topological polar surface area (TPSA) is 59.1 Å². The average Bonchev–Trinajstić information content (AvgIpc) is 3.23. The van der Waals surface area contributed by atoms with Crippen molar-refractivity contribution in [3.05, 3.63) is 90.5 Å². The van der Waals surface area contributed by atoms with Crippen LogP contribution in [0.15, 0.2) is 84.9 Å². The Labute approximate surface area is 180 Å². The molecule has 31 heavy (non-hydrogen) atoms. The molecule has 0 N–H and O–H groups in total. The Hall–Kier alpha value is -3.64. The Morgan fingerprint density at radius 3 is 2.06 bits per heavy atom. The standard InChI is InChI=1S/C25H22N2O4/c1-25-21(17-9-5-3-6-10-17)27(19-11-7-4-8-12-19)31-22(25)23(28)26(24(25)29)18-13-15-20(30-2)16-14-18/h3-16,21-22H,1-2H3/t21-,22+,25-/m0/s1. The van der Waals surface area contributed by atoms with E-state index in [9.17, 15) is 9.59 Å². The van der Waals surface area contributed by atoms with Gasteiger partial charge in [0.1, 0.15) is 11.2 Å². The van der Waals surface area contributed by atoms with Crippen LogP contribution in [0.4, 0.5) is 11.4 Å². The molecule has 6 heteroatoms. The Morgan fingerprint density at radius 1 is 0.839 bits per heavy atom. The number of anilines is 2. The number of carbonyl (C=O) groups is 2. The van der Waals surface area contributed by atoms with E-state index in [2.05, 4.69) is 0 Å². The quantitative estimate of drug-likeness (QED) is 0.601. The lowest BCUT2D eigenvalue weighted by Crippen LogP contribution is -2.41. The van der Waals surface area contributed by atoms with E-state index in [-0.39, 0.29) is 11.8 Å². The number of hydrogen-bond acceptors (Lipinski definition) is 5. The smallest absolute Gasteiger partial charge is 0.266 e. The van der Waals surface area contributed by atoms with Crippen molar-refractivity contribution in [1.29, 1.82) is 0 Å². The lowest BCUT2D eigenvalue weighted by molar-refractivity contribution is -0.128. The summed E-state index contributed by atoms with van der Waals surface area (Å²) >= 11 is 0. The lowest BCUT2D eigenvalue weighted by Gasteiger charge is -2.32. The molecule has 2 saturated heterocycles. The maximum Gasteiger partial charge on any atom is 0.266 e. The van der Waals surface area contributed by atoms with Crippen LogP contribution in [0.2, 0.25) is 0 Å². The van der Waals surface area contributed by atoms with Crippen LogP contribution in [-0.2, 0) is 14.4 Å². The van der Waals surface area contributed by atoms with Crippen molar-refractivity contribution in [2.75, 3.05) is 17.1 Å². The van der Waals surface area contributed by atoms with Crippen LogP contribution in [0.1, 0.15) is 18.5 Å². The van der Waals surface area contributed by atoms with Crippen LogP contribution < -0.4 is 14.7 Å². The third kappa shape index (κ3) is 2.83. The fourth-order valence-corrected chi connectivity index (χ4v) is 4.54. The summed E-state index contributed by atoms with van der Waals surface area (Å²) in [6, 6.07) is 25.7. The molecule has 0 radical (unpaired) electrons. The number of carbonyl (C=O) groups excluding carboxylic acids is 2. The Morgan fingerprint density at radius 2 is 1.45 bits per heavy atom. The second kappa shape index (κ2) is 7.25. The molecule has 2 fully saturated rings. The van der Waals surface area contributed by atoms with Gasteiger partial charge in [-0.3, -0.25) is 14.4 Å². The van der Waals surface area contributed by atoms with E-state index in [4.69, 9.17) is 9.57 Å². The second-order valence-corrected chi connectivity index (χ2v) is 7.92. The van der Waals surface area contributed by atoms with E-state index in [1.807, 2.05) is 67.6 Å². The molecule has 3 atom stereocenters. The molecule has 0 unspecified atom stereocenters. The van der Waals surface area contributed by atoms with Gasteiger partial charge in [0.2, 0.25) is 5.91 Å². The van der Waals surface area contributed by atoms with Gasteiger partial charge >= 0.3 is 0 Å². The minimum absolute atomic E-state index is 0.278.